The van der Waals surface area contributed by atoms with Crippen LogP contribution in [0.15, 0.2) is 42.5 Å². The number of halogens is 4. The molecule has 1 fully saturated rings. The van der Waals surface area contributed by atoms with Crippen LogP contribution in [0.5, 0.6) is 11.5 Å². The van der Waals surface area contributed by atoms with Gasteiger partial charge in [-0.3, -0.25) is 4.79 Å². The summed E-state index contributed by atoms with van der Waals surface area (Å²) in [5.74, 6) is -1.05. The summed E-state index contributed by atoms with van der Waals surface area (Å²) in [5.41, 5.74) is 0.448. The van der Waals surface area contributed by atoms with Gasteiger partial charge < -0.3 is 19.5 Å². The van der Waals surface area contributed by atoms with E-state index in [4.69, 9.17) is 16.3 Å². The minimum Gasteiger partial charge on any atom is -0.487 e. The first-order chi connectivity index (χ1) is 13.3. The van der Waals surface area contributed by atoms with Gasteiger partial charge in [-0.25, -0.2) is 0 Å². The fourth-order valence-electron chi connectivity index (χ4n) is 3.80. The van der Waals surface area contributed by atoms with Crippen molar-refractivity contribution in [3.63, 3.8) is 0 Å². The number of alkyl halides is 3. The molecule has 1 amide bonds. The molecule has 3 atom stereocenters. The summed E-state index contributed by atoms with van der Waals surface area (Å²) in [4.78, 5) is 14.6. The summed E-state index contributed by atoms with van der Waals surface area (Å²) in [6.45, 7) is -0.0929. The third kappa shape index (κ3) is 3.27. The lowest BCUT2D eigenvalue weighted by Gasteiger charge is -2.24. The molecule has 0 saturated carbocycles. The van der Waals surface area contributed by atoms with Crippen LogP contribution < -0.4 is 9.47 Å². The molecule has 2 aliphatic heterocycles. The zero-order valence-corrected chi connectivity index (χ0v) is 15.1. The normalized spacial score (nSPS) is 23.2. The summed E-state index contributed by atoms with van der Waals surface area (Å²) < 4.78 is 48.1. The number of hydrogen-bond acceptors (Lipinski definition) is 4. The number of rotatable bonds is 3. The van der Waals surface area contributed by atoms with E-state index in [0.717, 1.165) is 6.07 Å². The van der Waals surface area contributed by atoms with Crippen molar-refractivity contribution in [2.24, 2.45) is 5.92 Å². The highest BCUT2D eigenvalue weighted by Gasteiger charge is 2.51. The summed E-state index contributed by atoms with van der Waals surface area (Å²) in [6, 6.07) is 9.62. The second kappa shape index (κ2) is 6.86. The number of nitrogens with zero attached hydrogens (tertiary/aromatic N) is 1. The SMILES string of the molecule is O=C(c1ccccc1OC(F)(F)F)N1C[C@@H](CO)[C@@H]2Oc3ccc(Cl)cc3[C@@H]21. The van der Waals surface area contributed by atoms with Crippen LogP contribution in [0.25, 0.3) is 0 Å². The number of fused-ring (bicyclic) bond motifs is 3. The van der Waals surface area contributed by atoms with Crippen LogP contribution in [0.1, 0.15) is 22.0 Å². The van der Waals surface area contributed by atoms with Crippen molar-refractivity contribution in [2.45, 2.75) is 18.5 Å². The fraction of sp³-hybridized carbons (Fsp3) is 0.316. The van der Waals surface area contributed by atoms with Crippen molar-refractivity contribution < 1.29 is 32.5 Å². The Labute approximate surface area is 163 Å². The second-order valence-corrected chi connectivity index (χ2v) is 7.09. The van der Waals surface area contributed by atoms with Crippen LogP contribution in [0.2, 0.25) is 5.02 Å². The molecule has 2 heterocycles. The minimum absolute atomic E-state index is 0.136. The van der Waals surface area contributed by atoms with Gasteiger partial charge >= 0.3 is 6.36 Å². The molecule has 0 radical (unpaired) electrons. The first-order valence-electron chi connectivity index (χ1n) is 8.51. The molecule has 4 rings (SSSR count). The van der Waals surface area contributed by atoms with E-state index in [-0.39, 0.29) is 24.6 Å². The molecular formula is C19H15ClF3NO4. The molecule has 5 nitrogen and oxygen atoms in total. The molecule has 148 valence electrons. The maximum Gasteiger partial charge on any atom is 0.573 e. The summed E-state index contributed by atoms with van der Waals surface area (Å²) in [6.07, 6.45) is -5.42. The van der Waals surface area contributed by atoms with Gasteiger partial charge in [-0.05, 0) is 30.3 Å². The van der Waals surface area contributed by atoms with E-state index >= 15 is 0 Å². The van der Waals surface area contributed by atoms with Crippen LogP contribution in [0, 0.1) is 5.92 Å². The third-order valence-corrected chi connectivity index (χ3v) is 5.17. The van der Waals surface area contributed by atoms with Gasteiger partial charge in [0.2, 0.25) is 0 Å². The highest BCUT2D eigenvalue weighted by atomic mass is 35.5. The van der Waals surface area contributed by atoms with Gasteiger partial charge in [0.25, 0.3) is 5.91 Å². The Kier molecular flexibility index (Phi) is 4.63. The number of para-hydroxylation sites is 1. The topological polar surface area (TPSA) is 59.0 Å². The predicted octanol–water partition coefficient (Wildman–Crippen LogP) is 3.81. The van der Waals surface area contributed by atoms with Gasteiger partial charge in [0, 0.05) is 23.0 Å². The monoisotopic (exact) mass is 413 g/mol. The number of carbonyl (C=O) groups is 1. The maximum absolute atomic E-state index is 13.2. The Morgan fingerprint density at radius 3 is 2.75 bits per heavy atom. The molecule has 0 unspecified atom stereocenters. The van der Waals surface area contributed by atoms with Gasteiger partial charge in [-0.1, -0.05) is 23.7 Å². The molecule has 2 aromatic rings. The Balaban J connectivity index is 1.72. The van der Waals surface area contributed by atoms with Crippen LogP contribution in [0.4, 0.5) is 13.2 Å². The van der Waals surface area contributed by atoms with E-state index in [9.17, 15) is 23.1 Å². The lowest BCUT2D eigenvalue weighted by atomic mass is 9.99. The van der Waals surface area contributed by atoms with Crippen molar-refractivity contribution >= 4 is 17.5 Å². The fourth-order valence-corrected chi connectivity index (χ4v) is 3.98. The van der Waals surface area contributed by atoms with E-state index in [1.54, 1.807) is 18.2 Å². The van der Waals surface area contributed by atoms with E-state index < -0.39 is 30.2 Å². The molecule has 2 aliphatic rings. The number of likely N-dealkylation sites (tertiary alicyclic amines) is 1. The number of aliphatic hydroxyl groups excluding tert-OH is 1. The lowest BCUT2D eigenvalue weighted by Crippen LogP contribution is -2.33. The molecule has 0 aromatic heterocycles. The second-order valence-electron chi connectivity index (χ2n) is 6.65. The van der Waals surface area contributed by atoms with Crippen LogP contribution in [-0.2, 0) is 0 Å². The summed E-state index contributed by atoms with van der Waals surface area (Å²) in [5, 5.41) is 10.2. The molecular weight excluding hydrogens is 399 g/mol. The standard InChI is InChI=1S/C19H15ClF3NO4/c20-11-5-6-14-13(7-11)16-17(27-14)10(9-25)8-24(16)18(26)12-3-1-2-4-15(12)28-19(21,22)23/h1-7,10,16-17,25H,8-9H2/t10-,16-,17-/m0/s1. The molecule has 1 saturated heterocycles. The molecule has 9 heteroatoms. The zero-order valence-electron chi connectivity index (χ0n) is 14.3. The lowest BCUT2D eigenvalue weighted by molar-refractivity contribution is -0.274. The highest BCUT2D eigenvalue weighted by molar-refractivity contribution is 6.30. The average Bonchev–Trinajstić information content (AvgIpc) is 3.17. The number of hydrogen-bond donors (Lipinski definition) is 1. The van der Waals surface area contributed by atoms with Crippen molar-refractivity contribution in [1.29, 1.82) is 0 Å². The number of ether oxygens (including phenoxy) is 2. The van der Waals surface area contributed by atoms with Crippen molar-refractivity contribution in [2.75, 3.05) is 13.2 Å². The smallest absolute Gasteiger partial charge is 0.487 e. The predicted molar refractivity (Wildman–Crippen MR) is 93.3 cm³/mol. The van der Waals surface area contributed by atoms with E-state index in [0.29, 0.717) is 16.3 Å². The largest absolute Gasteiger partial charge is 0.573 e. The average molecular weight is 414 g/mol. The Bertz CT molecular complexity index is 920. The number of carbonyl (C=O) groups excluding carboxylic acids is 1. The van der Waals surface area contributed by atoms with Crippen molar-refractivity contribution in [1.82, 2.24) is 4.90 Å². The van der Waals surface area contributed by atoms with Crippen LogP contribution in [-0.4, -0.2) is 41.5 Å². The van der Waals surface area contributed by atoms with Gasteiger partial charge in [-0.15, -0.1) is 13.2 Å². The number of aliphatic hydroxyl groups is 1. The van der Waals surface area contributed by atoms with Gasteiger partial charge in [-0.2, -0.15) is 0 Å². The minimum atomic E-state index is -4.92. The molecule has 28 heavy (non-hydrogen) atoms. The number of amides is 1. The quantitative estimate of drug-likeness (QED) is 0.831. The van der Waals surface area contributed by atoms with E-state index in [1.165, 1.54) is 23.1 Å². The number of benzene rings is 2. The Hall–Kier alpha value is -2.45. The first-order valence-corrected chi connectivity index (χ1v) is 8.89. The molecule has 0 aliphatic carbocycles. The van der Waals surface area contributed by atoms with Crippen molar-refractivity contribution in [3.8, 4) is 11.5 Å². The zero-order chi connectivity index (χ0) is 20.1. The van der Waals surface area contributed by atoms with E-state index in [2.05, 4.69) is 4.74 Å². The van der Waals surface area contributed by atoms with Crippen LogP contribution in [0.3, 0.4) is 0 Å². The van der Waals surface area contributed by atoms with Gasteiger partial charge in [0.05, 0.1) is 18.2 Å². The summed E-state index contributed by atoms with van der Waals surface area (Å²) >= 11 is 6.07. The van der Waals surface area contributed by atoms with Crippen LogP contribution >= 0.6 is 11.6 Å². The molecule has 0 spiro atoms. The Morgan fingerprint density at radius 2 is 2.04 bits per heavy atom. The van der Waals surface area contributed by atoms with E-state index in [1.807, 2.05) is 0 Å². The highest BCUT2D eigenvalue weighted by Crippen LogP contribution is 2.49. The van der Waals surface area contributed by atoms with Gasteiger partial charge in [0.15, 0.2) is 0 Å². The maximum atomic E-state index is 13.2. The third-order valence-electron chi connectivity index (χ3n) is 4.93. The molecule has 0 bridgehead atoms. The summed E-state index contributed by atoms with van der Waals surface area (Å²) in [7, 11) is 0. The molecule has 1 N–H and O–H groups in total. The van der Waals surface area contributed by atoms with Gasteiger partial charge in [0.1, 0.15) is 17.6 Å². The van der Waals surface area contributed by atoms with Crippen molar-refractivity contribution in [3.05, 3.63) is 58.6 Å². The molecule has 2 aromatic carbocycles. The first kappa shape index (κ1) is 18.9. The Morgan fingerprint density at radius 1 is 1.29 bits per heavy atom.